The fraction of sp³-hybridized carbons (Fsp3) is 0.278. The van der Waals surface area contributed by atoms with Gasteiger partial charge in [-0.05, 0) is 36.8 Å². The summed E-state index contributed by atoms with van der Waals surface area (Å²) in [6.45, 7) is 2.53. The Morgan fingerprint density at radius 3 is 2.38 bits per heavy atom. The molecule has 5 nitrogen and oxygen atoms in total. The van der Waals surface area contributed by atoms with Gasteiger partial charge in [0, 0.05) is 31.7 Å². The largest absolute Gasteiger partial charge is 0.336 e. The Morgan fingerprint density at radius 2 is 1.73 bits per heavy atom. The lowest BCUT2D eigenvalue weighted by molar-refractivity contribution is 0.0696. The first-order valence-electron chi connectivity index (χ1n) is 8.11. The smallest absolute Gasteiger partial charge is 0.254 e. The van der Waals surface area contributed by atoms with Crippen molar-refractivity contribution >= 4 is 27.5 Å². The molecule has 8 heteroatoms. The molecule has 1 aliphatic heterocycles. The van der Waals surface area contributed by atoms with Crippen molar-refractivity contribution in [2.45, 2.75) is 11.8 Å². The van der Waals surface area contributed by atoms with Gasteiger partial charge in [-0.1, -0.05) is 29.8 Å². The van der Waals surface area contributed by atoms with Gasteiger partial charge >= 0.3 is 0 Å². The van der Waals surface area contributed by atoms with Crippen LogP contribution >= 0.6 is 11.6 Å². The van der Waals surface area contributed by atoms with Crippen LogP contribution in [0.5, 0.6) is 0 Å². The van der Waals surface area contributed by atoms with Crippen molar-refractivity contribution < 1.29 is 17.6 Å². The molecule has 1 saturated heterocycles. The lowest BCUT2D eigenvalue weighted by Crippen LogP contribution is -2.50. The number of carbonyl (C=O) groups excluding carboxylic acids is 1. The molecule has 3 rings (SSSR count). The number of aryl methyl sites for hydroxylation is 1. The number of benzene rings is 2. The third-order valence-corrected chi connectivity index (χ3v) is 6.81. The fourth-order valence-electron chi connectivity index (χ4n) is 2.92. The van der Waals surface area contributed by atoms with Gasteiger partial charge in [-0.25, -0.2) is 12.8 Å². The lowest BCUT2D eigenvalue weighted by atomic mass is 10.1. The predicted molar refractivity (Wildman–Crippen MR) is 97.3 cm³/mol. The van der Waals surface area contributed by atoms with E-state index in [1.54, 1.807) is 30.0 Å². The molecule has 0 aromatic heterocycles. The Bertz CT molecular complexity index is 941. The molecular weight excluding hydrogens is 379 g/mol. The molecular formula is C18H18ClFN2O3S. The number of hydrogen-bond acceptors (Lipinski definition) is 3. The van der Waals surface area contributed by atoms with E-state index in [4.69, 9.17) is 11.6 Å². The standard InChI is InChI=1S/C18H18ClFN2O3S/c1-13-6-7-14(20)12-15(13)18(23)21-8-10-22(11-9-21)26(24,25)17-5-3-2-4-16(17)19/h2-7,12H,8-11H2,1H3. The Kier molecular flexibility index (Phi) is 5.32. The van der Waals surface area contributed by atoms with Gasteiger partial charge in [-0.2, -0.15) is 4.31 Å². The van der Waals surface area contributed by atoms with Crippen LogP contribution in [0.1, 0.15) is 15.9 Å². The Morgan fingerprint density at radius 1 is 1.08 bits per heavy atom. The maximum absolute atomic E-state index is 13.4. The highest BCUT2D eigenvalue weighted by molar-refractivity contribution is 7.89. The second-order valence-corrected chi connectivity index (χ2v) is 8.40. The minimum Gasteiger partial charge on any atom is -0.336 e. The highest BCUT2D eigenvalue weighted by Crippen LogP contribution is 2.25. The second-order valence-electron chi connectivity index (χ2n) is 6.09. The van der Waals surface area contributed by atoms with Gasteiger partial charge in [0.05, 0.1) is 5.02 Å². The molecule has 138 valence electrons. The van der Waals surface area contributed by atoms with Crippen LogP contribution in [-0.4, -0.2) is 49.7 Å². The summed E-state index contributed by atoms with van der Waals surface area (Å²) in [6, 6.07) is 10.3. The Labute approximate surface area is 157 Å². The molecule has 1 heterocycles. The molecule has 1 fully saturated rings. The number of carbonyl (C=O) groups is 1. The predicted octanol–water partition coefficient (Wildman–Crippen LogP) is 2.93. The Hall–Kier alpha value is -1.96. The maximum Gasteiger partial charge on any atom is 0.254 e. The topological polar surface area (TPSA) is 57.7 Å². The van der Waals surface area contributed by atoms with Gasteiger partial charge in [0.25, 0.3) is 5.91 Å². The van der Waals surface area contributed by atoms with E-state index < -0.39 is 15.8 Å². The summed E-state index contributed by atoms with van der Waals surface area (Å²) in [5.74, 6) is -0.768. The number of piperazine rings is 1. The number of nitrogens with zero attached hydrogens (tertiary/aromatic N) is 2. The van der Waals surface area contributed by atoms with E-state index in [1.807, 2.05) is 0 Å². The summed E-state index contributed by atoms with van der Waals surface area (Å²) in [6.07, 6.45) is 0. The van der Waals surface area contributed by atoms with Crippen LogP contribution in [0.15, 0.2) is 47.4 Å². The molecule has 0 aliphatic carbocycles. The quantitative estimate of drug-likeness (QED) is 0.801. The van der Waals surface area contributed by atoms with Crippen molar-refractivity contribution in [1.29, 1.82) is 0 Å². The van der Waals surface area contributed by atoms with Crippen molar-refractivity contribution in [2.24, 2.45) is 0 Å². The SMILES string of the molecule is Cc1ccc(F)cc1C(=O)N1CCN(S(=O)(=O)c2ccccc2Cl)CC1. The molecule has 0 unspecified atom stereocenters. The van der Waals surface area contributed by atoms with E-state index in [2.05, 4.69) is 0 Å². The van der Waals surface area contributed by atoms with Gasteiger partial charge < -0.3 is 4.90 Å². The Balaban J connectivity index is 1.74. The van der Waals surface area contributed by atoms with Crippen LogP contribution in [0.3, 0.4) is 0 Å². The maximum atomic E-state index is 13.4. The van der Waals surface area contributed by atoms with Crippen LogP contribution in [0.4, 0.5) is 4.39 Å². The number of sulfonamides is 1. The molecule has 0 spiro atoms. The minimum atomic E-state index is -3.72. The average molecular weight is 397 g/mol. The van der Waals surface area contributed by atoms with Crippen LogP contribution in [-0.2, 0) is 10.0 Å². The van der Waals surface area contributed by atoms with E-state index >= 15 is 0 Å². The first-order chi connectivity index (χ1) is 12.3. The summed E-state index contributed by atoms with van der Waals surface area (Å²) in [5, 5.41) is 0.168. The first-order valence-corrected chi connectivity index (χ1v) is 9.92. The fourth-order valence-corrected chi connectivity index (χ4v) is 4.83. The van der Waals surface area contributed by atoms with E-state index in [1.165, 1.54) is 28.6 Å². The second kappa shape index (κ2) is 7.34. The third-order valence-electron chi connectivity index (χ3n) is 4.41. The molecule has 0 saturated carbocycles. The lowest BCUT2D eigenvalue weighted by Gasteiger charge is -2.34. The molecule has 2 aromatic carbocycles. The van der Waals surface area contributed by atoms with Crippen molar-refractivity contribution in [3.8, 4) is 0 Å². The van der Waals surface area contributed by atoms with Crippen molar-refractivity contribution in [2.75, 3.05) is 26.2 Å². The molecule has 2 aromatic rings. The minimum absolute atomic E-state index is 0.0578. The summed E-state index contributed by atoms with van der Waals surface area (Å²) in [5.41, 5.74) is 0.981. The van der Waals surface area contributed by atoms with E-state index in [-0.39, 0.29) is 42.0 Å². The summed E-state index contributed by atoms with van der Waals surface area (Å²) >= 11 is 6.01. The zero-order valence-corrected chi connectivity index (χ0v) is 15.7. The normalized spacial score (nSPS) is 15.9. The van der Waals surface area contributed by atoms with E-state index in [9.17, 15) is 17.6 Å². The third kappa shape index (κ3) is 3.60. The summed E-state index contributed by atoms with van der Waals surface area (Å²) in [7, 11) is -3.72. The van der Waals surface area contributed by atoms with E-state index in [0.29, 0.717) is 11.1 Å². The molecule has 0 radical (unpaired) electrons. The highest BCUT2D eigenvalue weighted by atomic mass is 35.5. The summed E-state index contributed by atoms with van der Waals surface area (Å²) < 4.78 is 40.2. The molecule has 26 heavy (non-hydrogen) atoms. The molecule has 1 amide bonds. The monoisotopic (exact) mass is 396 g/mol. The number of halogens is 2. The van der Waals surface area contributed by atoms with E-state index in [0.717, 1.165) is 0 Å². The number of rotatable bonds is 3. The summed E-state index contributed by atoms with van der Waals surface area (Å²) in [4.78, 5) is 14.2. The highest BCUT2D eigenvalue weighted by Gasteiger charge is 2.31. The van der Waals surface area contributed by atoms with Crippen LogP contribution < -0.4 is 0 Å². The van der Waals surface area contributed by atoms with Crippen LogP contribution in [0.2, 0.25) is 5.02 Å². The zero-order chi connectivity index (χ0) is 18.9. The van der Waals surface area contributed by atoms with Gasteiger partial charge in [0.2, 0.25) is 10.0 Å². The average Bonchev–Trinajstić information content (AvgIpc) is 2.63. The molecule has 1 aliphatic rings. The van der Waals surface area contributed by atoms with Crippen molar-refractivity contribution in [3.05, 3.63) is 64.4 Å². The van der Waals surface area contributed by atoms with Gasteiger partial charge in [-0.15, -0.1) is 0 Å². The zero-order valence-electron chi connectivity index (χ0n) is 14.2. The van der Waals surface area contributed by atoms with Crippen molar-refractivity contribution in [3.63, 3.8) is 0 Å². The first kappa shape index (κ1) is 18.8. The molecule has 0 atom stereocenters. The number of amides is 1. The van der Waals surface area contributed by atoms with Gasteiger partial charge in [0.1, 0.15) is 10.7 Å². The number of hydrogen-bond donors (Lipinski definition) is 0. The molecule has 0 bridgehead atoms. The van der Waals surface area contributed by atoms with Crippen LogP contribution in [0.25, 0.3) is 0 Å². The van der Waals surface area contributed by atoms with Crippen LogP contribution in [0, 0.1) is 12.7 Å². The van der Waals surface area contributed by atoms with Crippen molar-refractivity contribution in [1.82, 2.24) is 9.21 Å². The molecule has 0 N–H and O–H groups in total. The van der Waals surface area contributed by atoms with Gasteiger partial charge in [0.15, 0.2) is 0 Å². The van der Waals surface area contributed by atoms with Gasteiger partial charge in [-0.3, -0.25) is 4.79 Å².